The summed E-state index contributed by atoms with van der Waals surface area (Å²) in [5.41, 5.74) is 1.41. The molecule has 0 saturated heterocycles. The lowest BCUT2D eigenvalue weighted by Gasteiger charge is -2.18. The molecule has 2 aromatic rings. The molecule has 1 aromatic heterocycles. The predicted octanol–water partition coefficient (Wildman–Crippen LogP) is 2.90. The Morgan fingerprint density at radius 3 is 2.54 bits per heavy atom. The monoisotopic (exact) mass is 625 g/mol. The maximum atomic E-state index is 13.0. The minimum atomic E-state index is -4.35. The van der Waals surface area contributed by atoms with Gasteiger partial charge in [-0.05, 0) is 37.1 Å². The summed E-state index contributed by atoms with van der Waals surface area (Å²) in [6.45, 7) is 2.46. The van der Waals surface area contributed by atoms with E-state index in [-0.39, 0.29) is 30.3 Å². The number of aryl methyl sites for hydroxylation is 1. The van der Waals surface area contributed by atoms with E-state index in [9.17, 15) is 26.4 Å². The van der Waals surface area contributed by atoms with Crippen LogP contribution in [-0.4, -0.2) is 52.8 Å². The lowest BCUT2D eigenvalue weighted by atomic mass is 10.2. The van der Waals surface area contributed by atoms with Gasteiger partial charge in [-0.25, -0.2) is 18.4 Å². The second-order valence-electron chi connectivity index (χ2n) is 7.62. The molecule has 0 aliphatic carbocycles. The van der Waals surface area contributed by atoms with Crippen molar-refractivity contribution < 1.29 is 26.4 Å². The molecule has 8 nitrogen and oxygen atoms in total. The van der Waals surface area contributed by atoms with Crippen LogP contribution in [-0.2, 0) is 23.4 Å². The highest BCUT2D eigenvalue weighted by Crippen LogP contribution is 2.22. The van der Waals surface area contributed by atoms with E-state index < -0.39 is 27.8 Å². The quantitative estimate of drug-likeness (QED) is 0.215. The molecule has 0 radical (unpaired) electrons. The number of rotatable bonds is 12. The zero-order chi connectivity index (χ0) is 26.1. The summed E-state index contributed by atoms with van der Waals surface area (Å²) < 4.78 is 65.2. The van der Waals surface area contributed by atoms with Gasteiger partial charge in [-0.15, -0.1) is 0 Å². The van der Waals surface area contributed by atoms with Gasteiger partial charge in [0, 0.05) is 36.6 Å². The fourth-order valence-electron chi connectivity index (χ4n) is 3.18. The van der Waals surface area contributed by atoms with Crippen molar-refractivity contribution in [2.24, 2.45) is 12.0 Å². The topological polar surface area (TPSA) is 105 Å². The van der Waals surface area contributed by atoms with Gasteiger partial charge in [-0.3, -0.25) is 4.79 Å². The number of hydrogen-bond acceptors (Lipinski definition) is 6. The highest BCUT2D eigenvalue weighted by Gasteiger charge is 2.29. The number of aromatic nitrogens is 2. The molecule has 1 aromatic carbocycles. The zero-order valence-corrected chi connectivity index (χ0v) is 22.0. The summed E-state index contributed by atoms with van der Waals surface area (Å²) in [4.78, 5) is 20.6. The van der Waals surface area contributed by atoms with Crippen molar-refractivity contribution >= 4 is 38.3 Å². The highest BCUT2D eigenvalue weighted by molar-refractivity contribution is 14.1. The Balaban J connectivity index is 2.02. The van der Waals surface area contributed by atoms with Crippen LogP contribution in [0.3, 0.4) is 0 Å². The molecule has 1 atom stereocenters. The second-order valence-corrected chi connectivity index (χ2v) is 10.9. The lowest BCUT2D eigenvalue weighted by Crippen LogP contribution is -2.33. The van der Waals surface area contributed by atoms with Crippen LogP contribution in [0.1, 0.15) is 28.8 Å². The maximum absolute atomic E-state index is 13.0. The van der Waals surface area contributed by atoms with Crippen molar-refractivity contribution in [1.29, 1.82) is 0 Å². The first-order valence-electron chi connectivity index (χ1n) is 10.6. The number of halogens is 4. The first kappa shape index (κ1) is 29.0. The Kier molecular flexibility index (Phi) is 10.9. The molecule has 1 heterocycles. The van der Waals surface area contributed by atoms with Crippen molar-refractivity contribution in [3.8, 4) is 0 Å². The Morgan fingerprint density at radius 1 is 1.29 bits per heavy atom. The summed E-state index contributed by atoms with van der Waals surface area (Å²) in [5.74, 6) is -0.358. The van der Waals surface area contributed by atoms with E-state index in [2.05, 4.69) is 49.8 Å². The number of sulfone groups is 1. The molecule has 0 saturated carbocycles. The molecule has 2 rings (SSSR count). The lowest BCUT2D eigenvalue weighted by molar-refractivity contribution is -0.124. The maximum Gasteiger partial charge on any atom is 0.401 e. The molecular weight excluding hydrogens is 598 g/mol. The molecule has 1 unspecified atom stereocenters. The molecule has 2 N–H and O–H groups in total. The van der Waals surface area contributed by atoms with Crippen molar-refractivity contribution in [3.05, 3.63) is 66.2 Å². The average Bonchev–Trinajstić information content (AvgIpc) is 2.80. The number of amides is 1. The summed E-state index contributed by atoms with van der Waals surface area (Å²) in [5, 5.41) is 4.20. The number of benzene rings is 1. The number of hydrogen-bond donors (Lipinski definition) is 2. The minimum Gasteiger partial charge on any atom is -0.348 e. The average molecular weight is 625 g/mol. The Labute approximate surface area is 215 Å². The van der Waals surface area contributed by atoms with Gasteiger partial charge in [0.25, 0.3) is 5.91 Å². The number of nitrogens with one attached hydrogen (secondary N) is 2. The van der Waals surface area contributed by atoms with Crippen LogP contribution in [0.2, 0.25) is 0 Å². The third-order valence-electron chi connectivity index (χ3n) is 4.98. The van der Waals surface area contributed by atoms with E-state index in [4.69, 9.17) is 0 Å². The standard InChI is InChI=1S/C22H27F3IN5O3S/c1-3-28-21-30-13-17(14-31(21)2)20(32)29-12-16-4-6-18(7-5-16)35(33,34)19(8-10-26)9-11-27-15-22(23,24)25/h3-7,13-14,19,27H,1,8-12,15H2,2H3,(H,29,32). The molecule has 0 aliphatic rings. The van der Waals surface area contributed by atoms with Gasteiger partial charge in [0.2, 0.25) is 5.62 Å². The molecule has 0 fully saturated rings. The van der Waals surface area contributed by atoms with Crippen LogP contribution in [0.4, 0.5) is 13.2 Å². The van der Waals surface area contributed by atoms with Gasteiger partial charge in [-0.1, -0.05) is 41.3 Å². The molecule has 35 heavy (non-hydrogen) atoms. The second kappa shape index (κ2) is 13.2. The largest absolute Gasteiger partial charge is 0.401 e. The van der Waals surface area contributed by atoms with E-state index in [1.165, 1.54) is 24.5 Å². The zero-order valence-electron chi connectivity index (χ0n) is 19.1. The van der Waals surface area contributed by atoms with Crippen LogP contribution in [0.5, 0.6) is 0 Å². The summed E-state index contributed by atoms with van der Waals surface area (Å²) in [6, 6.07) is 6.10. The summed E-state index contributed by atoms with van der Waals surface area (Å²) >= 11 is 2.05. The van der Waals surface area contributed by atoms with Gasteiger partial charge in [0.15, 0.2) is 9.84 Å². The first-order valence-corrected chi connectivity index (χ1v) is 13.7. The Morgan fingerprint density at radius 2 is 1.97 bits per heavy atom. The Hall–Kier alpha value is -2.26. The van der Waals surface area contributed by atoms with Gasteiger partial charge < -0.3 is 15.2 Å². The summed E-state index contributed by atoms with van der Waals surface area (Å²) in [7, 11) is -2.03. The molecular formula is C22H27F3IN5O3S. The van der Waals surface area contributed by atoms with Crippen LogP contribution < -0.4 is 16.3 Å². The smallest absolute Gasteiger partial charge is 0.348 e. The number of alkyl halides is 4. The SMILES string of the molecule is C=CN=c1ncc(C(=O)NCc2ccc(S(=O)(=O)C(CCI)CCNCC(F)(F)F)cc2)cn1C. The van der Waals surface area contributed by atoms with E-state index >= 15 is 0 Å². The van der Waals surface area contributed by atoms with E-state index in [0.29, 0.717) is 27.6 Å². The minimum absolute atomic E-state index is 0.0561. The van der Waals surface area contributed by atoms with Gasteiger partial charge >= 0.3 is 6.18 Å². The third kappa shape index (κ3) is 9.04. The van der Waals surface area contributed by atoms with Crippen LogP contribution in [0.25, 0.3) is 0 Å². The normalized spacial score (nSPS) is 13.5. The van der Waals surface area contributed by atoms with Gasteiger partial charge in [0.05, 0.1) is 22.3 Å². The van der Waals surface area contributed by atoms with Crippen molar-refractivity contribution in [2.75, 3.05) is 17.5 Å². The summed E-state index contributed by atoms with van der Waals surface area (Å²) in [6.07, 6.45) is 0.381. The van der Waals surface area contributed by atoms with Gasteiger partial charge in [0.1, 0.15) is 0 Å². The molecule has 0 bridgehead atoms. The van der Waals surface area contributed by atoms with Crippen LogP contribution in [0, 0.1) is 0 Å². The highest BCUT2D eigenvalue weighted by atomic mass is 127. The fourth-order valence-corrected chi connectivity index (χ4v) is 6.12. The molecule has 13 heteroatoms. The van der Waals surface area contributed by atoms with E-state index in [1.54, 1.807) is 29.9 Å². The van der Waals surface area contributed by atoms with Crippen LogP contribution >= 0.6 is 22.6 Å². The fraction of sp³-hybridized carbons (Fsp3) is 0.409. The first-order chi connectivity index (χ1) is 16.5. The number of nitrogens with zero attached hydrogens (tertiary/aromatic N) is 3. The van der Waals surface area contributed by atoms with Gasteiger partial charge in [-0.2, -0.15) is 13.2 Å². The molecule has 1 amide bonds. The number of carbonyl (C=O) groups is 1. The van der Waals surface area contributed by atoms with Crippen molar-refractivity contribution in [2.45, 2.75) is 35.7 Å². The Bertz CT molecular complexity index is 1180. The predicted molar refractivity (Wildman–Crippen MR) is 135 cm³/mol. The molecule has 0 spiro atoms. The molecule has 0 aliphatic heterocycles. The van der Waals surface area contributed by atoms with Crippen molar-refractivity contribution in [3.63, 3.8) is 0 Å². The third-order valence-corrected chi connectivity index (χ3v) is 7.88. The number of carbonyl (C=O) groups excluding carboxylic acids is 1. The van der Waals surface area contributed by atoms with E-state index in [1.807, 2.05) is 0 Å². The van der Waals surface area contributed by atoms with E-state index in [0.717, 1.165) is 0 Å². The van der Waals surface area contributed by atoms with Crippen LogP contribution in [0.15, 0.2) is 59.3 Å². The molecule has 192 valence electrons. The van der Waals surface area contributed by atoms with Crippen molar-refractivity contribution in [1.82, 2.24) is 20.2 Å².